The summed E-state index contributed by atoms with van der Waals surface area (Å²) in [4.78, 5) is 22.0. The molecule has 0 saturated heterocycles. The van der Waals surface area contributed by atoms with Gasteiger partial charge >= 0.3 is 0 Å². The molecule has 1 amide bonds. The highest BCUT2D eigenvalue weighted by atomic mass is 32.2. The first-order valence-electron chi connectivity index (χ1n) is 16.4. The Morgan fingerprint density at radius 1 is 0.957 bits per heavy atom. The molecule has 3 N–H and O–H groups in total. The summed E-state index contributed by atoms with van der Waals surface area (Å²) in [6.07, 6.45) is 9.65. The van der Waals surface area contributed by atoms with E-state index in [-0.39, 0.29) is 22.9 Å². The SMILES string of the molecule is CCCCCNC(=O)c1ccc(N(C)S(=O)(=O)c2ccc(-c3nn([C@H]4CC[C@H](O)CC4)c4nc(NCCCC)ncc34)cc2)cc1. The molecule has 2 aromatic heterocycles. The number of aliphatic hydroxyl groups is 1. The average molecular weight is 648 g/mol. The van der Waals surface area contributed by atoms with Crippen LogP contribution in [-0.2, 0) is 10.0 Å². The van der Waals surface area contributed by atoms with Crippen LogP contribution in [0.15, 0.2) is 59.6 Å². The Morgan fingerprint density at radius 2 is 1.65 bits per heavy atom. The fraction of sp³-hybridized carbons (Fsp3) is 0.471. The van der Waals surface area contributed by atoms with E-state index in [1.54, 1.807) is 54.7 Å². The number of fused-ring (bicyclic) bond motifs is 1. The van der Waals surface area contributed by atoms with Gasteiger partial charge in [0.2, 0.25) is 5.95 Å². The van der Waals surface area contributed by atoms with Crippen LogP contribution in [0.4, 0.5) is 11.6 Å². The number of aromatic nitrogens is 4. The van der Waals surface area contributed by atoms with E-state index in [2.05, 4.69) is 29.5 Å². The fourth-order valence-corrected chi connectivity index (χ4v) is 6.94. The second-order valence-electron chi connectivity index (χ2n) is 12.0. The number of carbonyl (C=O) groups excluding carboxylic acids is 1. The van der Waals surface area contributed by atoms with Crippen LogP contribution >= 0.6 is 0 Å². The Labute approximate surface area is 271 Å². The van der Waals surface area contributed by atoms with Gasteiger partial charge in [-0.05, 0) is 74.9 Å². The van der Waals surface area contributed by atoms with Gasteiger partial charge in [-0.25, -0.2) is 18.1 Å². The number of hydrogen-bond donors (Lipinski definition) is 3. The Morgan fingerprint density at radius 3 is 2.33 bits per heavy atom. The van der Waals surface area contributed by atoms with Crippen LogP contribution in [0.1, 0.15) is 88.0 Å². The van der Waals surface area contributed by atoms with E-state index in [4.69, 9.17) is 10.1 Å². The molecule has 5 rings (SSSR count). The Balaban J connectivity index is 1.37. The van der Waals surface area contributed by atoms with Gasteiger partial charge in [0.25, 0.3) is 15.9 Å². The van der Waals surface area contributed by atoms with Crippen molar-refractivity contribution in [2.24, 2.45) is 0 Å². The van der Waals surface area contributed by atoms with E-state index >= 15 is 0 Å². The zero-order chi connectivity index (χ0) is 32.7. The Hall–Kier alpha value is -4.03. The molecule has 11 nitrogen and oxygen atoms in total. The molecule has 1 aliphatic carbocycles. The summed E-state index contributed by atoms with van der Waals surface area (Å²) in [5.74, 6) is 0.379. The van der Waals surface area contributed by atoms with Crippen molar-refractivity contribution >= 4 is 38.6 Å². The number of benzene rings is 2. The number of sulfonamides is 1. The van der Waals surface area contributed by atoms with Gasteiger partial charge in [-0.3, -0.25) is 9.10 Å². The number of amides is 1. The molecule has 2 heterocycles. The second-order valence-corrected chi connectivity index (χ2v) is 13.9. The largest absolute Gasteiger partial charge is 0.393 e. The second kappa shape index (κ2) is 15.0. The van der Waals surface area contributed by atoms with Gasteiger partial charge in [0, 0.05) is 37.5 Å². The number of carbonyl (C=O) groups is 1. The number of nitrogens with zero attached hydrogens (tertiary/aromatic N) is 5. The molecule has 0 atom stereocenters. The molecule has 12 heteroatoms. The molecular formula is C34H45N7O4S. The molecule has 0 spiro atoms. The highest BCUT2D eigenvalue weighted by molar-refractivity contribution is 7.92. The molecule has 0 radical (unpaired) electrons. The van der Waals surface area contributed by atoms with E-state index in [0.29, 0.717) is 42.3 Å². The molecule has 0 unspecified atom stereocenters. The topological polar surface area (TPSA) is 142 Å². The molecule has 0 bridgehead atoms. The van der Waals surface area contributed by atoms with E-state index in [1.807, 2.05) is 4.68 Å². The lowest BCUT2D eigenvalue weighted by atomic mass is 9.93. The summed E-state index contributed by atoms with van der Waals surface area (Å²) < 4.78 is 30.3. The first-order chi connectivity index (χ1) is 22.2. The van der Waals surface area contributed by atoms with Gasteiger partial charge in [-0.1, -0.05) is 45.2 Å². The van der Waals surface area contributed by atoms with Crippen LogP contribution in [0.25, 0.3) is 22.3 Å². The first-order valence-corrected chi connectivity index (χ1v) is 17.8. The average Bonchev–Trinajstić information content (AvgIpc) is 3.45. The lowest BCUT2D eigenvalue weighted by Crippen LogP contribution is -2.27. The normalized spacial score (nSPS) is 16.8. The van der Waals surface area contributed by atoms with Crippen molar-refractivity contribution in [1.29, 1.82) is 0 Å². The van der Waals surface area contributed by atoms with Crippen LogP contribution in [0.3, 0.4) is 0 Å². The highest BCUT2D eigenvalue weighted by Gasteiger charge is 2.27. The minimum atomic E-state index is -3.87. The van der Waals surface area contributed by atoms with Crippen LogP contribution < -0.4 is 14.9 Å². The maximum absolute atomic E-state index is 13.6. The zero-order valence-corrected chi connectivity index (χ0v) is 27.8. The Bertz CT molecular complexity index is 1710. The minimum absolute atomic E-state index is 0.102. The molecule has 1 aliphatic rings. The number of nitrogens with one attached hydrogen (secondary N) is 2. The summed E-state index contributed by atoms with van der Waals surface area (Å²) in [6, 6.07) is 13.4. The quantitative estimate of drug-likeness (QED) is 0.143. The van der Waals surface area contributed by atoms with Gasteiger partial charge in [0.1, 0.15) is 5.69 Å². The molecule has 2 aromatic carbocycles. The van der Waals surface area contributed by atoms with Crippen molar-refractivity contribution in [3.8, 4) is 11.3 Å². The van der Waals surface area contributed by atoms with Crippen LogP contribution in [-0.4, -0.2) is 65.4 Å². The van der Waals surface area contributed by atoms with Crippen LogP contribution in [0.2, 0.25) is 0 Å². The minimum Gasteiger partial charge on any atom is -0.393 e. The molecule has 1 saturated carbocycles. The van der Waals surface area contributed by atoms with Gasteiger partial charge in [-0.15, -0.1) is 0 Å². The zero-order valence-electron chi connectivity index (χ0n) is 26.9. The monoisotopic (exact) mass is 647 g/mol. The van der Waals surface area contributed by atoms with E-state index in [9.17, 15) is 18.3 Å². The van der Waals surface area contributed by atoms with E-state index < -0.39 is 10.0 Å². The standard InChI is InChI=1S/C34H45N7O4S/c1-4-6-8-22-35-33(43)25-9-13-26(14-10-25)40(3)46(44,45)29-19-11-24(12-20-29)31-30-23-37-34(36-21-7-5-2)38-32(30)41(39-31)27-15-17-28(42)18-16-27/h9-14,19-20,23,27-28,42H,4-8,15-18,21-22H2,1-3H3,(H,35,43)(H,36,37,38)/t27-,28-. The summed E-state index contributed by atoms with van der Waals surface area (Å²) in [7, 11) is -2.37. The van der Waals surface area contributed by atoms with Crippen molar-refractivity contribution in [3.05, 3.63) is 60.3 Å². The van der Waals surface area contributed by atoms with Crippen molar-refractivity contribution in [2.45, 2.75) is 88.7 Å². The number of anilines is 2. The summed E-state index contributed by atoms with van der Waals surface area (Å²) in [5, 5.41) is 22.1. The smallest absolute Gasteiger partial charge is 0.264 e. The van der Waals surface area contributed by atoms with Gasteiger partial charge < -0.3 is 15.7 Å². The summed E-state index contributed by atoms with van der Waals surface area (Å²) >= 11 is 0. The van der Waals surface area contributed by atoms with Crippen LogP contribution in [0.5, 0.6) is 0 Å². The van der Waals surface area contributed by atoms with Gasteiger partial charge in [-0.2, -0.15) is 10.1 Å². The third-order valence-corrected chi connectivity index (χ3v) is 10.4. The molecule has 246 valence electrons. The molecule has 46 heavy (non-hydrogen) atoms. The van der Waals surface area contributed by atoms with Crippen molar-refractivity contribution < 1.29 is 18.3 Å². The molecule has 1 fully saturated rings. The highest BCUT2D eigenvalue weighted by Crippen LogP contribution is 2.35. The predicted octanol–water partition coefficient (Wildman–Crippen LogP) is 5.93. The lowest BCUT2D eigenvalue weighted by molar-refractivity contribution is 0.0953. The van der Waals surface area contributed by atoms with Gasteiger partial charge in [0.05, 0.1) is 28.1 Å². The maximum Gasteiger partial charge on any atom is 0.264 e. The molecule has 4 aromatic rings. The van der Waals surface area contributed by atoms with Crippen molar-refractivity contribution in [1.82, 2.24) is 25.1 Å². The summed E-state index contributed by atoms with van der Waals surface area (Å²) in [5.41, 5.74) is 3.10. The molecular weight excluding hydrogens is 602 g/mol. The number of hydrogen-bond acceptors (Lipinski definition) is 8. The van der Waals surface area contributed by atoms with E-state index in [0.717, 1.165) is 68.1 Å². The first kappa shape index (κ1) is 33.3. The molecule has 0 aliphatic heterocycles. The summed E-state index contributed by atoms with van der Waals surface area (Å²) in [6.45, 7) is 5.64. The Kier molecular flexibility index (Phi) is 10.9. The van der Waals surface area contributed by atoms with Crippen LogP contribution in [0, 0.1) is 0 Å². The maximum atomic E-state index is 13.6. The van der Waals surface area contributed by atoms with Crippen molar-refractivity contribution in [2.75, 3.05) is 29.8 Å². The van der Waals surface area contributed by atoms with Gasteiger partial charge in [0.15, 0.2) is 5.65 Å². The van der Waals surface area contributed by atoms with E-state index in [1.165, 1.54) is 11.4 Å². The number of unbranched alkanes of at least 4 members (excludes halogenated alkanes) is 3. The predicted molar refractivity (Wildman–Crippen MR) is 182 cm³/mol. The lowest BCUT2D eigenvalue weighted by Gasteiger charge is -2.25. The third kappa shape index (κ3) is 7.50. The number of rotatable bonds is 14. The fourth-order valence-electron chi connectivity index (χ4n) is 5.74. The number of aliphatic hydroxyl groups excluding tert-OH is 1. The van der Waals surface area contributed by atoms with Crippen molar-refractivity contribution in [3.63, 3.8) is 0 Å². The third-order valence-electron chi connectivity index (χ3n) is 8.62.